The summed E-state index contributed by atoms with van der Waals surface area (Å²) < 4.78 is 0. The van der Waals surface area contributed by atoms with E-state index in [0.717, 1.165) is 12.8 Å². The van der Waals surface area contributed by atoms with Crippen LogP contribution in [0.25, 0.3) is 0 Å². The summed E-state index contributed by atoms with van der Waals surface area (Å²) in [5.41, 5.74) is -0.238. The molecule has 0 radical (unpaired) electrons. The molecule has 4 heteroatoms. The normalized spacial score (nSPS) is 11.2. The molecule has 1 rings (SSSR count). The monoisotopic (exact) mass is 237 g/mol. The van der Waals surface area contributed by atoms with Crippen molar-refractivity contribution >= 4 is 5.91 Å². The number of aromatic hydroxyl groups is 2. The maximum Gasteiger partial charge on any atom is 0.255 e. The van der Waals surface area contributed by atoms with E-state index in [1.807, 2.05) is 20.8 Å². The third kappa shape index (κ3) is 3.37. The van der Waals surface area contributed by atoms with Gasteiger partial charge in [0.2, 0.25) is 0 Å². The van der Waals surface area contributed by atoms with Crippen molar-refractivity contribution in [3.8, 4) is 11.5 Å². The Morgan fingerprint density at radius 2 is 2.00 bits per heavy atom. The van der Waals surface area contributed by atoms with Crippen LogP contribution in [0.5, 0.6) is 11.5 Å². The topological polar surface area (TPSA) is 69.6 Å². The largest absolute Gasteiger partial charge is 0.504 e. The summed E-state index contributed by atoms with van der Waals surface area (Å²) in [5, 5.41) is 21.7. The van der Waals surface area contributed by atoms with Crippen LogP contribution in [0.3, 0.4) is 0 Å². The van der Waals surface area contributed by atoms with Crippen LogP contribution in [0.2, 0.25) is 0 Å². The number of phenols is 2. The number of para-hydroxylation sites is 1. The van der Waals surface area contributed by atoms with E-state index in [9.17, 15) is 15.0 Å². The van der Waals surface area contributed by atoms with E-state index in [0.29, 0.717) is 0 Å². The first-order valence-corrected chi connectivity index (χ1v) is 5.71. The highest BCUT2D eigenvalue weighted by Crippen LogP contribution is 2.28. The lowest BCUT2D eigenvalue weighted by atomic mass is 9.98. The highest BCUT2D eigenvalue weighted by Gasteiger charge is 2.22. The zero-order chi connectivity index (χ0) is 13.1. The van der Waals surface area contributed by atoms with Gasteiger partial charge >= 0.3 is 0 Å². The van der Waals surface area contributed by atoms with E-state index in [4.69, 9.17) is 0 Å². The third-order valence-electron chi connectivity index (χ3n) is 2.59. The number of hydrogen-bond donors (Lipinski definition) is 3. The second-order valence-electron chi connectivity index (χ2n) is 4.76. The summed E-state index contributed by atoms with van der Waals surface area (Å²) in [6, 6.07) is 4.34. The number of benzene rings is 1. The minimum Gasteiger partial charge on any atom is -0.504 e. The molecule has 3 N–H and O–H groups in total. The smallest absolute Gasteiger partial charge is 0.255 e. The van der Waals surface area contributed by atoms with Gasteiger partial charge in [-0.25, -0.2) is 0 Å². The minimum atomic E-state index is -0.378. The molecule has 0 bridgehead atoms. The van der Waals surface area contributed by atoms with Crippen molar-refractivity contribution in [3.63, 3.8) is 0 Å². The first-order valence-electron chi connectivity index (χ1n) is 5.71. The van der Waals surface area contributed by atoms with Crippen LogP contribution in [0.1, 0.15) is 44.0 Å². The van der Waals surface area contributed by atoms with Gasteiger partial charge < -0.3 is 15.5 Å². The highest BCUT2D eigenvalue weighted by molar-refractivity contribution is 5.98. The summed E-state index contributed by atoms with van der Waals surface area (Å²) in [7, 11) is 0. The Balaban J connectivity index is 2.87. The molecule has 0 aromatic heterocycles. The first-order chi connectivity index (χ1) is 7.87. The summed E-state index contributed by atoms with van der Waals surface area (Å²) in [6.07, 6.45) is 1.80. The second-order valence-corrected chi connectivity index (χ2v) is 4.76. The van der Waals surface area contributed by atoms with Crippen LogP contribution in [0.4, 0.5) is 0 Å². The third-order valence-corrected chi connectivity index (χ3v) is 2.59. The molecule has 0 heterocycles. The van der Waals surface area contributed by atoms with Crippen molar-refractivity contribution < 1.29 is 15.0 Å². The average molecular weight is 237 g/mol. The maximum atomic E-state index is 11.9. The fourth-order valence-corrected chi connectivity index (χ4v) is 1.78. The van der Waals surface area contributed by atoms with Crippen LogP contribution in [-0.2, 0) is 0 Å². The molecule has 0 aliphatic heterocycles. The van der Waals surface area contributed by atoms with Gasteiger partial charge in [0.1, 0.15) is 0 Å². The van der Waals surface area contributed by atoms with Crippen LogP contribution >= 0.6 is 0 Å². The molecule has 1 aromatic rings. The number of carbonyl (C=O) groups is 1. The molecule has 94 valence electrons. The van der Waals surface area contributed by atoms with Crippen molar-refractivity contribution in [2.24, 2.45) is 0 Å². The number of phenolic OH excluding ortho intramolecular Hbond substituents is 2. The summed E-state index contributed by atoms with van der Waals surface area (Å²) in [6.45, 7) is 5.89. The number of carbonyl (C=O) groups excluding carboxylic acids is 1. The molecule has 0 spiro atoms. The van der Waals surface area contributed by atoms with E-state index in [2.05, 4.69) is 5.32 Å². The van der Waals surface area contributed by atoms with Gasteiger partial charge in [0, 0.05) is 5.54 Å². The van der Waals surface area contributed by atoms with E-state index in [-0.39, 0.29) is 28.5 Å². The Hall–Kier alpha value is -1.71. The standard InChI is InChI=1S/C13H19NO3/c1-4-8-13(2,3)14-12(17)9-6-5-7-10(15)11(9)16/h5-7,15-16H,4,8H2,1-3H3,(H,14,17). The van der Waals surface area contributed by atoms with Crippen molar-refractivity contribution in [1.29, 1.82) is 0 Å². The van der Waals surface area contributed by atoms with Gasteiger partial charge in [-0.2, -0.15) is 0 Å². The molecule has 0 aliphatic rings. The fraction of sp³-hybridized carbons (Fsp3) is 0.462. The fourth-order valence-electron chi connectivity index (χ4n) is 1.78. The molecular weight excluding hydrogens is 218 g/mol. The molecule has 4 nitrogen and oxygen atoms in total. The molecular formula is C13H19NO3. The number of amides is 1. The Kier molecular flexibility index (Phi) is 3.99. The van der Waals surface area contributed by atoms with Crippen LogP contribution < -0.4 is 5.32 Å². The van der Waals surface area contributed by atoms with Gasteiger partial charge in [-0.15, -0.1) is 0 Å². The Bertz CT molecular complexity index is 413. The lowest BCUT2D eigenvalue weighted by Crippen LogP contribution is -2.43. The Labute approximate surface area is 101 Å². The van der Waals surface area contributed by atoms with Gasteiger partial charge in [0.05, 0.1) is 5.56 Å². The van der Waals surface area contributed by atoms with Crippen molar-refractivity contribution in [2.45, 2.75) is 39.2 Å². The van der Waals surface area contributed by atoms with Gasteiger partial charge in [0.15, 0.2) is 11.5 Å². The Morgan fingerprint density at radius 3 is 2.59 bits per heavy atom. The number of rotatable bonds is 4. The van der Waals surface area contributed by atoms with Gasteiger partial charge in [-0.05, 0) is 32.4 Å². The van der Waals surface area contributed by atoms with Gasteiger partial charge in [-0.3, -0.25) is 4.79 Å². The minimum absolute atomic E-state index is 0.0918. The molecule has 0 saturated heterocycles. The molecule has 1 aromatic carbocycles. The molecule has 1 amide bonds. The molecule has 0 saturated carbocycles. The highest BCUT2D eigenvalue weighted by atomic mass is 16.3. The zero-order valence-corrected chi connectivity index (χ0v) is 10.4. The summed E-state index contributed by atoms with van der Waals surface area (Å²) >= 11 is 0. The SMILES string of the molecule is CCCC(C)(C)NC(=O)c1cccc(O)c1O. The zero-order valence-electron chi connectivity index (χ0n) is 10.4. The molecule has 17 heavy (non-hydrogen) atoms. The lowest BCUT2D eigenvalue weighted by Gasteiger charge is -2.26. The number of hydrogen-bond acceptors (Lipinski definition) is 3. The first kappa shape index (κ1) is 13.4. The van der Waals surface area contributed by atoms with Crippen LogP contribution in [0.15, 0.2) is 18.2 Å². The average Bonchev–Trinajstić information content (AvgIpc) is 2.21. The quantitative estimate of drug-likeness (QED) is 0.704. The van der Waals surface area contributed by atoms with Crippen LogP contribution in [0, 0.1) is 0 Å². The van der Waals surface area contributed by atoms with Crippen molar-refractivity contribution in [3.05, 3.63) is 23.8 Å². The van der Waals surface area contributed by atoms with Crippen molar-refractivity contribution in [1.82, 2.24) is 5.32 Å². The number of nitrogens with one attached hydrogen (secondary N) is 1. The van der Waals surface area contributed by atoms with E-state index in [1.165, 1.54) is 18.2 Å². The summed E-state index contributed by atoms with van der Waals surface area (Å²) in [5.74, 6) is -1.04. The van der Waals surface area contributed by atoms with E-state index in [1.54, 1.807) is 0 Å². The van der Waals surface area contributed by atoms with E-state index < -0.39 is 0 Å². The second kappa shape index (κ2) is 5.08. The predicted octanol–water partition coefficient (Wildman–Crippen LogP) is 2.41. The van der Waals surface area contributed by atoms with E-state index >= 15 is 0 Å². The lowest BCUT2D eigenvalue weighted by molar-refractivity contribution is 0.0905. The van der Waals surface area contributed by atoms with Crippen LogP contribution in [-0.4, -0.2) is 21.7 Å². The summed E-state index contributed by atoms with van der Waals surface area (Å²) in [4.78, 5) is 11.9. The molecule has 0 fully saturated rings. The maximum absolute atomic E-state index is 11.9. The molecule has 0 unspecified atom stereocenters. The van der Waals surface area contributed by atoms with Gasteiger partial charge in [0.25, 0.3) is 5.91 Å². The molecule has 0 atom stereocenters. The predicted molar refractivity (Wildman–Crippen MR) is 66.2 cm³/mol. The Morgan fingerprint density at radius 1 is 1.35 bits per heavy atom. The molecule has 0 aliphatic carbocycles. The van der Waals surface area contributed by atoms with Gasteiger partial charge in [-0.1, -0.05) is 19.4 Å². The van der Waals surface area contributed by atoms with Crippen molar-refractivity contribution in [2.75, 3.05) is 0 Å².